The van der Waals surface area contributed by atoms with Crippen molar-refractivity contribution in [3.63, 3.8) is 0 Å². The molecule has 1 aliphatic rings. The van der Waals surface area contributed by atoms with Gasteiger partial charge in [0.15, 0.2) is 0 Å². The zero-order valence-electron chi connectivity index (χ0n) is 12.2. The van der Waals surface area contributed by atoms with Gasteiger partial charge >= 0.3 is 0 Å². The molecule has 2 unspecified atom stereocenters. The standard InChI is InChI=1S/C14H28N2O.ClH/c1-10(2)12(4)16-14(17)9-11(3)13-5-7-15-8-6-13;/h10-13,15H,5-9H2,1-4H3,(H,16,17);1H. The first-order chi connectivity index (χ1) is 8.00. The number of rotatable bonds is 5. The molecule has 1 aliphatic heterocycles. The predicted molar refractivity (Wildman–Crippen MR) is 79.1 cm³/mol. The van der Waals surface area contributed by atoms with Crippen LogP contribution in [-0.4, -0.2) is 25.0 Å². The third kappa shape index (κ3) is 6.05. The van der Waals surface area contributed by atoms with Gasteiger partial charge in [0.05, 0.1) is 0 Å². The minimum absolute atomic E-state index is 0. The fourth-order valence-electron chi connectivity index (χ4n) is 2.35. The van der Waals surface area contributed by atoms with Gasteiger partial charge in [-0.15, -0.1) is 12.4 Å². The molecule has 0 radical (unpaired) electrons. The Morgan fingerprint density at radius 1 is 1.22 bits per heavy atom. The van der Waals surface area contributed by atoms with Crippen LogP contribution < -0.4 is 10.6 Å². The summed E-state index contributed by atoms with van der Waals surface area (Å²) in [5.74, 6) is 1.96. The summed E-state index contributed by atoms with van der Waals surface area (Å²) in [5.41, 5.74) is 0. The van der Waals surface area contributed by atoms with E-state index in [1.165, 1.54) is 12.8 Å². The Morgan fingerprint density at radius 2 is 1.78 bits per heavy atom. The maximum Gasteiger partial charge on any atom is 0.220 e. The second-order valence-corrected chi connectivity index (χ2v) is 5.87. The topological polar surface area (TPSA) is 41.1 Å². The van der Waals surface area contributed by atoms with Gasteiger partial charge in [0.1, 0.15) is 0 Å². The number of carbonyl (C=O) groups excluding carboxylic acids is 1. The van der Waals surface area contributed by atoms with Crippen molar-refractivity contribution >= 4 is 18.3 Å². The summed E-state index contributed by atoms with van der Waals surface area (Å²) in [7, 11) is 0. The van der Waals surface area contributed by atoms with E-state index >= 15 is 0 Å². The first kappa shape index (κ1) is 17.7. The van der Waals surface area contributed by atoms with E-state index in [0.717, 1.165) is 19.0 Å². The Balaban J connectivity index is 0.00000289. The van der Waals surface area contributed by atoms with Gasteiger partial charge in [-0.05, 0) is 50.6 Å². The van der Waals surface area contributed by atoms with Crippen molar-refractivity contribution in [1.29, 1.82) is 0 Å². The molecule has 2 N–H and O–H groups in total. The number of hydrogen-bond acceptors (Lipinski definition) is 2. The number of halogens is 1. The lowest BCUT2D eigenvalue weighted by atomic mass is 9.84. The van der Waals surface area contributed by atoms with Crippen molar-refractivity contribution in [3.8, 4) is 0 Å². The third-order valence-corrected chi connectivity index (χ3v) is 4.08. The van der Waals surface area contributed by atoms with Crippen LogP contribution in [0.5, 0.6) is 0 Å². The van der Waals surface area contributed by atoms with Crippen LogP contribution in [0.4, 0.5) is 0 Å². The second-order valence-electron chi connectivity index (χ2n) is 5.87. The van der Waals surface area contributed by atoms with Crippen LogP contribution in [0.2, 0.25) is 0 Å². The van der Waals surface area contributed by atoms with Gasteiger partial charge in [0, 0.05) is 12.5 Å². The van der Waals surface area contributed by atoms with Crippen LogP contribution in [0.25, 0.3) is 0 Å². The van der Waals surface area contributed by atoms with Crippen molar-refractivity contribution in [2.75, 3.05) is 13.1 Å². The van der Waals surface area contributed by atoms with Crippen LogP contribution in [-0.2, 0) is 4.79 Å². The maximum atomic E-state index is 11.9. The summed E-state index contributed by atoms with van der Waals surface area (Å²) >= 11 is 0. The molecule has 1 amide bonds. The van der Waals surface area contributed by atoms with E-state index < -0.39 is 0 Å². The lowest BCUT2D eigenvalue weighted by Gasteiger charge is -2.28. The molecule has 4 heteroatoms. The van der Waals surface area contributed by atoms with E-state index in [1.807, 2.05) is 0 Å². The van der Waals surface area contributed by atoms with Gasteiger partial charge in [0.25, 0.3) is 0 Å². The molecule has 1 saturated heterocycles. The highest BCUT2D eigenvalue weighted by Crippen LogP contribution is 2.24. The summed E-state index contributed by atoms with van der Waals surface area (Å²) in [6.45, 7) is 10.8. The van der Waals surface area contributed by atoms with Crippen molar-refractivity contribution in [3.05, 3.63) is 0 Å². The lowest BCUT2D eigenvalue weighted by Crippen LogP contribution is -2.38. The molecule has 0 aromatic rings. The largest absolute Gasteiger partial charge is 0.353 e. The van der Waals surface area contributed by atoms with Crippen molar-refractivity contribution in [2.24, 2.45) is 17.8 Å². The van der Waals surface area contributed by atoms with E-state index in [4.69, 9.17) is 0 Å². The average Bonchev–Trinajstić information content (AvgIpc) is 2.29. The quantitative estimate of drug-likeness (QED) is 0.810. The van der Waals surface area contributed by atoms with E-state index in [0.29, 0.717) is 18.3 Å². The summed E-state index contributed by atoms with van der Waals surface area (Å²) in [4.78, 5) is 11.9. The minimum atomic E-state index is 0. The zero-order valence-corrected chi connectivity index (χ0v) is 13.0. The molecule has 0 spiro atoms. The van der Waals surface area contributed by atoms with E-state index in [2.05, 4.69) is 38.3 Å². The molecule has 0 saturated carbocycles. The van der Waals surface area contributed by atoms with Crippen LogP contribution in [0.1, 0.15) is 47.0 Å². The normalized spacial score (nSPS) is 20.1. The van der Waals surface area contributed by atoms with E-state index in [-0.39, 0.29) is 24.4 Å². The van der Waals surface area contributed by atoms with Crippen molar-refractivity contribution in [1.82, 2.24) is 10.6 Å². The Bertz CT molecular complexity index is 240. The Hall–Kier alpha value is -0.280. The van der Waals surface area contributed by atoms with Gasteiger partial charge in [-0.2, -0.15) is 0 Å². The van der Waals surface area contributed by atoms with Crippen LogP contribution in [0, 0.1) is 17.8 Å². The highest BCUT2D eigenvalue weighted by molar-refractivity contribution is 5.85. The number of nitrogens with one attached hydrogen (secondary N) is 2. The first-order valence-corrected chi connectivity index (χ1v) is 7.00. The number of hydrogen-bond donors (Lipinski definition) is 2. The molecule has 0 aliphatic carbocycles. The van der Waals surface area contributed by atoms with Crippen molar-refractivity contribution < 1.29 is 4.79 Å². The molecule has 18 heavy (non-hydrogen) atoms. The van der Waals surface area contributed by atoms with Gasteiger partial charge in [-0.1, -0.05) is 20.8 Å². The SMILES string of the molecule is CC(C)C(C)NC(=O)CC(C)C1CCNCC1.Cl. The molecule has 0 aromatic heterocycles. The fourth-order valence-corrected chi connectivity index (χ4v) is 2.35. The lowest BCUT2D eigenvalue weighted by molar-refractivity contribution is -0.123. The van der Waals surface area contributed by atoms with Crippen LogP contribution in [0.3, 0.4) is 0 Å². The highest BCUT2D eigenvalue weighted by atomic mass is 35.5. The zero-order chi connectivity index (χ0) is 12.8. The third-order valence-electron chi connectivity index (χ3n) is 4.08. The van der Waals surface area contributed by atoms with Gasteiger partial charge in [-0.25, -0.2) is 0 Å². The smallest absolute Gasteiger partial charge is 0.220 e. The molecule has 1 rings (SSSR count). The predicted octanol–water partition coefficient (Wildman–Crippen LogP) is 2.59. The monoisotopic (exact) mass is 276 g/mol. The molecule has 1 heterocycles. The summed E-state index contributed by atoms with van der Waals surface area (Å²) in [6, 6.07) is 0.280. The van der Waals surface area contributed by atoms with Crippen LogP contribution in [0.15, 0.2) is 0 Å². The molecular weight excluding hydrogens is 248 g/mol. The number of carbonyl (C=O) groups is 1. The molecule has 0 aromatic carbocycles. The maximum absolute atomic E-state index is 11.9. The first-order valence-electron chi connectivity index (χ1n) is 7.00. The molecule has 3 nitrogen and oxygen atoms in total. The molecule has 108 valence electrons. The summed E-state index contributed by atoms with van der Waals surface area (Å²) in [6.07, 6.45) is 3.12. The van der Waals surface area contributed by atoms with Gasteiger partial charge in [0.2, 0.25) is 5.91 Å². The molecule has 2 atom stereocenters. The van der Waals surface area contributed by atoms with E-state index in [1.54, 1.807) is 0 Å². The Kier molecular flexibility index (Phi) is 8.62. The van der Waals surface area contributed by atoms with E-state index in [9.17, 15) is 4.79 Å². The molecule has 0 bridgehead atoms. The molecular formula is C14H29ClN2O. The Labute approximate surface area is 118 Å². The highest BCUT2D eigenvalue weighted by Gasteiger charge is 2.22. The summed E-state index contributed by atoms with van der Waals surface area (Å²) in [5, 5.41) is 6.46. The number of amides is 1. The summed E-state index contributed by atoms with van der Waals surface area (Å²) < 4.78 is 0. The average molecular weight is 277 g/mol. The second kappa shape index (κ2) is 8.76. The molecule has 1 fully saturated rings. The van der Waals surface area contributed by atoms with Crippen molar-refractivity contribution in [2.45, 2.75) is 53.0 Å². The van der Waals surface area contributed by atoms with Gasteiger partial charge < -0.3 is 10.6 Å². The fraction of sp³-hybridized carbons (Fsp3) is 0.929. The van der Waals surface area contributed by atoms with Crippen LogP contribution >= 0.6 is 12.4 Å². The Morgan fingerprint density at radius 3 is 2.28 bits per heavy atom. The number of piperidine rings is 1. The minimum Gasteiger partial charge on any atom is -0.353 e. The van der Waals surface area contributed by atoms with Gasteiger partial charge in [-0.3, -0.25) is 4.79 Å².